The van der Waals surface area contributed by atoms with Gasteiger partial charge < -0.3 is 15.3 Å². The molecule has 0 spiro atoms. The molecule has 0 bridgehead atoms. The minimum atomic E-state index is -0.714. The van der Waals surface area contributed by atoms with Gasteiger partial charge in [-0.15, -0.1) is 11.3 Å². The fourth-order valence-electron chi connectivity index (χ4n) is 7.48. The fraction of sp³-hybridized carbons (Fsp3) is 0.639. The van der Waals surface area contributed by atoms with Crippen LogP contribution in [0.4, 0.5) is 0 Å². The number of hydrogen-bond acceptors (Lipinski definition) is 6. The standard InChI is InChI=1S/C36H52N4O3S/c1-24-32(44-23-38-24)27-17-15-25(16-18-27)21-37-34(42)31-20-30(41)22-40(31)35(43)33(36(2,3)4)39-29-14-10-6-9-13-28(19-29)26-11-7-5-8-12-26/h10,14-18,23,26,28-31,33,39,41H,5-9,11-13,19-22H2,1-4H3,(H,37,42)/t28?,29?,30-,31+,33-/m1/s1. The molecule has 1 saturated heterocycles. The predicted octanol–water partition coefficient (Wildman–Crippen LogP) is 6.40. The van der Waals surface area contributed by atoms with Crippen molar-refractivity contribution in [1.29, 1.82) is 0 Å². The number of aromatic nitrogens is 1. The molecule has 1 saturated carbocycles. The van der Waals surface area contributed by atoms with Gasteiger partial charge in [0.15, 0.2) is 0 Å². The van der Waals surface area contributed by atoms with Gasteiger partial charge in [0.1, 0.15) is 6.04 Å². The number of carbonyl (C=O) groups is 2. The van der Waals surface area contributed by atoms with Crippen molar-refractivity contribution in [1.82, 2.24) is 20.5 Å². The highest BCUT2D eigenvalue weighted by molar-refractivity contribution is 7.13. The molecule has 2 unspecified atom stereocenters. The van der Waals surface area contributed by atoms with Gasteiger partial charge in [0.2, 0.25) is 11.8 Å². The molecule has 2 aromatic rings. The third-order valence-corrected chi connectivity index (χ3v) is 11.0. The Balaban J connectivity index is 1.25. The van der Waals surface area contributed by atoms with E-state index < -0.39 is 18.2 Å². The van der Waals surface area contributed by atoms with Crippen molar-refractivity contribution in [3.8, 4) is 10.4 Å². The molecule has 5 rings (SSSR count). The Bertz CT molecular complexity index is 1280. The molecule has 1 aliphatic heterocycles. The van der Waals surface area contributed by atoms with Crippen LogP contribution >= 0.6 is 11.3 Å². The Hall–Kier alpha value is -2.55. The van der Waals surface area contributed by atoms with Crippen LogP contribution in [0.3, 0.4) is 0 Å². The van der Waals surface area contributed by atoms with Gasteiger partial charge >= 0.3 is 0 Å². The molecule has 7 nitrogen and oxygen atoms in total. The molecule has 44 heavy (non-hydrogen) atoms. The van der Waals surface area contributed by atoms with E-state index in [4.69, 9.17) is 0 Å². The van der Waals surface area contributed by atoms with Crippen LogP contribution in [0.15, 0.2) is 41.9 Å². The molecule has 8 heteroatoms. The van der Waals surface area contributed by atoms with Crippen LogP contribution in [0.1, 0.15) is 96.2 Å². The number of hydrogen-bond donors (Lipinski definition) is 3. The lowest BCUT2D eigenvalue weighted by Gasteiger charge is -2.39. The first-order valence-corrected chi connectivity index (χ1v) is 17.7. The van der Waals surface area contributed by atoms with E-state index in [1.807, 2.05) is 24.6 Å². The van der Waals surface area contributed by atoms with Gasteiger partial charge in [0.25, 0.3) is 0 Å². The summed E-state index contributed by atoms with van der Waals surface area (Å²) in [5, 5.41) is 17.5. The first kappa shape index (κ1) is 32.8. The Morgan fingerprint density at radius 1 is 1.05 bits per heavy atom. The van der Waals surface area contributed by atoms with Gasteiger partial charge in [-0.25, -0.2) is 4.98 Å². The molecule has 2 heterocycles. The van der Waals surface area contributed by atoms with Gasteiger partial charge in [-0.2, -0.15) is 0 Å². The van der Waals surface area contributed by atoms with Gasteiger partial charge in [0.05, 0.1) is 28.2 Å². The largest absolute Gasteiger partial charge is 0.391 e. The van der Waals surface area contributed by atoms with Gasteiger partial charge in [-0.05, 0) is 61.0 Å². The lowest BCUT2D eigenvalue weighted by atomic mass is 9.74. The van der Waals surface area contributed by atoms with Crippen molar-refractivity contribution in [3.63, 3.8) is 0 Å². The number of aryl methyl sites for hydroxylation is 1. The fourth-order valence-corrected chi connectivity index (χ4v) is 8.29. The number of thiazole rings is 1. The highest BCUT2D eigenvalue weighted by atomic mass is 32.1. The summed E-state index contributed by atoms with van der Waals surface area (Å²) in [5.41, 5.74) is 4.60. The molecule has 3 N–H and O–H groups in total. The van der Waals surface area contributed by atoms with Crippen LogP contribution in [-0.2, 0) is 16.1 Å². The number of benzene rings is 1. The second-order valence-electron chi connectivity index (χ2n) is 14.4. The maximum atomic E-state index is 14.3. The number of likely N-dealkylation sites (tertiary alicyclic amines) is 1. The Labute approximate surface area is 267 Å². The lowest BCUT2D eigenvalue weighted by molar-refractivity contribution is -0.142. The van der Waals surface area contributed by atoms with Crippen LogP contribution < -0.4 is 10.6 Å². The molecule has 5 atom stereocenters. The second-order valence-corrected chi connectivity index (χ2v) is 15.3. The number of allylic oxidation sites excluding steroid dienone is 1. The van der Waals surface area contributed by atoms with Crippen LogP contribution in [0.2, 0.25) is 0 Å². The third kappa shape index (κ3) is 8.18. The lowest BCUT2D eigenvalue weighted by Crippen LogP contribution is -2.58. The second kappa shape index (κ2) is 14.7. The summed E-state index contributed by atoms with van der Waals surface area (Å²) in [4.78, 5) is 34.9. The molecular formula is C36H52N4O3S. The Kier molecular flexibility index (Phi) is 11.0. The zero-order valence-corrected chi connectivity index (χ0v) is 27.9. The molecular weight excluding hydrogens is 568 g/mol. The zero-order chi connectivity index (χ0) is 31.3. The minimum Gasteiger partial charge on any atom is -0.391 e. The maximum Gasteiger partial charge on any atom is 0.243 e. The molecule has 2 fully saturated rings. The van der Waals surface area contributed by atoms with Crippen molar-refractivity contribution >= 4 is 23.2 Å². The molecule has 0 radical (unpaired) electrons. The maximum absolute atomic E-state index is 14.3. The molecule has 1 aromatic carbocycles. The molecule has 2 aliphatic carbocycles. The number of rotatable bonds is 8. The predicted molar refractivity (Wildman–Crippen MR) is 178 cm³/mol. The summed E-state index contributed by atoms with van der Waals surface area (Å²) in [6.45, 7) is 8.82. The van der Waals surface area contributed by atoms with Crippen LogP contribution in [0.5, 0.6) is 0 Å². The summed E-state index contributed by atoms with van der Waals surface area (Å²) < 4.78 is 0. The molecule has 3 aliphatic rings. The number of amides is 2. The number of aliphatic hydroxyl groups is 1. The molecule has 1 aromatic heterocycles. The average molecular weight is 621 g/mol. The van der Waals surface area contributed by atoms with E-state index in [0.29, 0.717) is 12.5 Å². The smallest absolute Gasteiger partial charge is 0.243 e. The van der Waals surface area contributed by atoms with Crippen molar-refractivity contribution in [3.05, 3.63) is 53.2 Å². The van der Waals surface area contributed by atoms with Crippen molar-refractivity contribution in [2.75, 3.05) is 6.54 Å². The molecule has 240 valence electrons. The summed E-state index contributed by atoms with van der Waals surface area (Å²) in [6.07, 6.45) is 15.5. The highest BCUT2D eigenvalue weighted by Gasteiger charge is 2.44. The Morgan fingerprint density at radius 2 is 1.77 bits per heavy atom. The summed E-state index contributed by atoms with van der Waals surface area (Å²) in [6, 6.07) is 7.11. The van der Waals surface area contributed by atoms with Gasteiger partial charge in [-0.1, -0.05) is 89.3 Å². The minimum absolute atomic E-state index is 0.0943. The molecule has 2 amide bonds. The normalized spacial score (nSPS) is 25.8. The first-order chi connectivity index (χ1) is 21.1. The quantitative estimate of drug-likeness (QED) is 0.297. The topological polar surface area (TPSA) is 94.6 Å². The van der Waals surface area contributed by atoms with Gasteiger partial charge in [-0.3, -0.25) is 14.9 Å². The van der Waals surface area contributed by atoms with E-state index in [9.17, 15) is 14.7 Å². The third-order valence-electron chi connectivity index (χ3n) is 9.97. The van der Waals surface area contributed by atoms with E-state index in [-0.39, 0.29) is 36.2 Å². The zero-order valence-electron chi connectivity index (χ0n) is 27.1. The number of nitrogens with one attached hydrogen (secondary N) is 2. The van der Waals surface area contributed by atoms with E-state index >= 15 is 0 Å². The van der Waals surface area contributed by atoms with Gasteiger partial charge in [0, 0.05) is 25.6 Å². The average Bonchev–Trinajstić information content (AvgIpc) is 3.60. The van der Waals surface area contributed by atoms with E-state index in [1.165, 1.54) is 44.9 Å². The van der Waals surface area contributed by atoms with Crippen molar-refractivity contribution in [2.45, 2.75) is 123 Å². The first-order valence-electron chi connectivity index (χ1n) is 16.8. The van der Waals surface area contributed by atoms with Crippen molar-refractivity contribution in [2.24, 2.45) is 17.3 Å². The SMILES string of the molecule is Cc1ncsc1-c1ccc(CNC(=O)[C@@H]2C[C@@H](O)CN2C(=O)[C@@H](NC2C=CCCCC(C3CCCCC3)C2)C(C)(C)C)cc1. The van der Waals surface area contributed by atoms with E-state index in [2.05, 4.69) is 60.7 Å². The van der Waals surface area contributed by atoms with Crippen LogP contribution in [0, 0.1) is 24.2 Å². The van der Waals surface area contributed by atoms with Crippen LogP contribution in [0.25, 0.3) is 10.4 Å². The summed E-state index contributed by atoms with van der Waals surface area (Å²) in [7, 11) is 0. The summed E-state index contributed by atoms with van der Waals surface area (Å²) >= 11 is 1.62. The van der Waals surface area contributed by atoms with Crippen molar-refractivity contribution < 1.29 is 14.7 Å². The number of carbonyl (C=O) groups excluding carboxylic acids is 2. The van der Waals surface area contributed by atoms with E-state index in [0.717, 1.165) is 40.5 Å². The number of nitrogens with zero attached hydrogens (tertiary/aromatic N) is 2. The number of aliphatic hydroxyl groups excluding tert-OH is 1. The Morgan fingerprint density at radius 3 is 2.45 bits per heavy atom. The van der Waals surface area contributed by atoms with E-state index in [1.54, 1.807) is 16.2 Å². The monoisotopic (exact) mass is 620 g/mol. The van der Waals surface area contributed by atoms with Crippen LogP contribution in [-0.4, -0.2) is 57.6 Å². The number of β-amino-alcohol motifs (C(OH)–C–C–N with tert-alkyl or cyclic N) is 1. The summed E-state index contributed by atoms with van der Waals surface area (Å²) in [5.74, 6) is 1.16. The highest BCUT2D eigenvalue weighted by Crippen LogP contribution is 2.37.